The number of thiophene rings is 1. The molecule has 0 saturated carbocycles. The van der Waals surface area contributed by atoms with Gasteiger partial charge in [-0.05, 0) is 18.6 Å². The summed E-state index contributed by atoms with van der Waals surface area (Å²) in [6.07, 6.45) is -3.59. The van der Waals surface area contributed by atoms with E-state index in [1.54, 1.807) is 6.07 Å². The van der Waals surface area contributed by atoms with Crippen LogP contribution in [0.1, 0.15) is 22.7 Å². The summed E-state index contributed by atoms with van der Waals surface area (Å²) in [5, 5.41) is 0. The van der Waals surface area contributed by atoms with Gasteiger partial charge in [0.1, 0.15) is 6.04 Å². The number of rotatable bonds is 2. The van der Waals surface area contributed by atoms with Crippen LogP contribution in [0.2, 0.25) is 0 Å². The van der Waals surface area contributed by atoms with Crippen molar-refractivity contribution in [1.82, 2.24) is 0 Å². The van der Waals surface area contributed by atoms with Gasteiger partial charge in [-0.25, -0.2) is 0 Å². The molecule has 0 radical (unpaired) electrons. The Hall–Kier alpha value is -0.260. The highest BCUT2D eigenvalue weighted by Gasteiger charge is 2.38. The molecule has 82 valence electrons. The standard InChI is InChI=1S/C8H10F3NS.ClH/c1-2-5-3-4-6(13-5)7(12)8(9,10)11;/h3-4,7H,2,12H2,1H3;1H/t7-;/m1./s1. The number of nitrogens with two attached hydrogens (primary N) is 1. The monoisotopic (exact) mass is 245 g/mol. The molecule has 1 nitrogen and oxygen atoms in total. The molecule has 6 heteroatoms. The van der Waals surface area contributed by atoms with Crippen molar-refractivity contribution < 1.29 is 13.2 Å². The molecule has 0 saturated heterocycles. The van der Waals surface area contributed by atoms with Crippen molar-refractivity contribution in [2.24, 2.45) is 5.73 Å². The van der Waals surface area contributed by atoms with Gasteiger partial charge in [-0.2, -0.15) is 13.2 Å². The molecule has 0 fully saturated rings. The van der Waals surface area contributed by atoms with E-state index in [0.29, 0.717) is 0 Å². The molecule has 1 aromatic rings. The maximum Gasteiger partial charge on any atom is 0.408 e. The second-order valence-electron chi connectivity index (χ2n) is 2.68. The number of aryl methyl sites for hydroxylation is 1. The first-order chi connectivity index (χ1) is 5.95. The number of alkyl halides is 3. The molecule has 1 atom stereocenters. The van der Waals surface area contributed by atoms with Crippen LogP contribution in [0.4, 0.5) is 13.2 Å². The Morgan fingerprint density at radius 1 is 1.43 bits per heavy atom. The lowest BCUT2D eigenvalue weighted by molar-refractivity contribution is -0.148. The Balaban J connectivity index is 0.00000169. The van der Waals surface area contributed by atoms with Crippen LogP contribution in [0.25, 0.3) is 0 Å². The Kier molecular flexibility index (Phi) is 4.91. The molecule has 14 heavy (non-hydrogen) atoms. The van der Waals surface area contributed by atoms with Crippen LogP contribution in [0.3, 0.4) is 0 Å². The van der Waals surface area contributed by atoms with Crippen molar-refractivity contribution in [1.29, 1.82) is 0 Å². The molecule has 0 aromatic carbocycles. The third kappa shape index (κ3) is 3.15. The van der Waals surface area contributed by atoms with Crippen LogP contribution < -0.4 is 5.73 Å². The number of halogens is 4. The molecule has 0 aliphatic carbocycles. The van der Waals surface area contributed by atoms with Gasteiger partial charge in [-0.3, -0.25) is 0 Å². The van der Waals surface area contributed by atoms with Crippen LogP contribution in [0.5, 0.6) is 0 Å². The van der Waals surface area contributed by atoms with Crippen molar-refractivity contribution >= 4 is 23.7 Å². The van der Waals surface area contributed by atoms with E-state index >= 15 is 0 Å². The van der Waals surface area contributed by atoms with E-state index in [4.69, 9.17) is 5.73 Å². The van der Waals surface area contributed by atoms with E-state index in [1.165, 1.54) is 6.07 Å². The van der Waals surface area contributed by atoms with Gasteiger partial charge >= 0.3 is 6.18 Å². The van der Waals surface area contributed by atoms with Gasteiger partial charge in [-0.1, -0.05) is 6.92 Å². The van der Waals surface area contributed by atoms with Gasteiger partial charge in [0, 0.05) is 9.75 Å². The van der Waals surface area contributed by atoms with E-state index in [9.17, 15) is 13.2 Å². The zero-order valence-electron chi connectivity index (χ0n) is 7.47. The second kappa shape index (κ2) is 5.00. The number of hydrogen-bond donors (Lipinski definition) is 1. The predicted octanol–water partition coefficient (Wildman–Crippen LogP) is 3.29. The molecular formula is C8H11ClF3NS. The van der Waals surface area contributed by atoms with Gasteiger partial charge < -0.3 is 5.73 Å². The molecule has 2 N–H and O–H groups in total. The summed E-state index contributed by atoms with van der Waals surface area (Å²) >= 11 is 1.12. The minimum atomic E-state index is -4.34. The first kappa shape index (κ1) is 13.7. The summed E-state index contributed by atoms with van der Waals surface area (Å²) in [6.45, 7) is 1.90. The van der Waals surface area contributed by atoms with E-state index in [1.807, 2.05) is 6.92 Å². The Morgan fingerprint density at radius 2 is 2.00 bits per heavy atom. The molecule has 0 spiro atoms. The van der Waals surface area contributed by atoms with E-state index in [0.717, 1.165) is 22.6 Å². The zero-order valence-corrected chi connectivity index (χ0v) is 9.10. The summed E-state index contributed by atoms with van der Waals surface area (Å²) in [5.74, 6) is 0. The van der Waals surface area contributed by atoms with Crippen molar-refractivity contribution in [2.45, 2.75) is 25.6 Å². The molecule has 0 aliphatic rings. The van der Waals surface area contributed by atoms with E-state index in [2.05, 4.69) is 0 Å². The van der Waals surface area contributed by atoms with Crippen LogP contribution >= 0.6 is 23.7 Å². The molecule has 0 aliphatic heterocycles. The predicted molar refractivity (Wildman–Crippen MR) is 53.9 cm³/mol. The second-order valence-corrected chi connectivity index (χ2v) is 3.88. The maximum atomic E-state index is 12.1. The third-order valence-corrected chi connectivity index (χ3v) is 3.00. The molecule has 1 heterocycles. The van der Waals surface area contributed by atoms with Gasteiger partial charge in [0.05, 0.1) is 0 Å². The minimum absolute atomic E-state index is 0. The van der Waals surface area contributed by atoms with Gasteiger partial charge in [0.15, 0.2) is 0 Å². The van der Waals surface area contributed by atoms with Crippen molar-refractivity contribution in [3.63, 3.8) is 0 Å². The highest BCUT2D eigenvalue weighted by Crippen LogP contribution is 2.34. The molecule has 0 bridgehead atoms. The molecule has 0 amide bonds. The van der Waals surface area contributed by atoms with Crippen molar-refractivity contribution in [3.05, 3.63) is 21.9 Å². The van der Waals surface area contributed by atoms with Gasteiger partial charge in [0.2, 0.25) is 0 Å². The summed E-state index contributed by atoms with van der Waals surface area (Å²) in [4.78, 5) is 1.11. The Morgan fingerprint density at radius 3 is 2.36 bits per heavy atom. The normalized spacial score (nSPS) is 13.5. The fourth-order valence-corrected chi connectivity index (χ4v) is 1.89. The van der Waals surface area contributed by atoms with Crippen LogP contribution in [0.15, 0.2) is 12.1 Å². The van der Waals surface area contributed by atoms with Crippen LogP contribution in [-0.4, -0.2) is 6.18 Å². The summed E-state index contributed by atoms with van der Waals surface area (Å²) in [5.41, 5.74) is 5.03. The Labute approximate surface area is 90.5 Å². The quantitative estimate of drug-likeness (QED) is 0.850. The van der Waals surface area contributed by atoms with Gasteiger partial charge in [-0.15, -0.1) is 23.7 Å². The molecular weight excluding hydrogens is 235 g/mol. The first-order valence-corrected chi connectivity index (χ1v) is 4.67. The maximum absolute atomic E-state index is 12.1. The molecule has 1 rings (SSSR count). The van der Waals surface area contributed by atoms with Crippen molar-refractivity contribution in [3.8, 4) is 0 Å². The highest BCUT2D eigenvalue weighted by atomic mass is 35.5. The summed E-state index contributed by atoms with van der Waals surface area (Å²) in [6, 6.07) is 1.30. The van der Waals surface area contributed by atoms with Gasteiger partial charge in [0.25, 0.3) is 0 Å². The van der Waals surface area contributed by atoms with E-state index < -0.39 is 12.2 Å². The fraction of sp³-hybridized carbons (Fsp3) is 0.500. The Bertz CT molecular complexity index is 284. The van der Waals surface area contributed by atoms with Crippen LogP contribution in [-0.2, 0) is 6.42 Å². The fourth-order valence-electron chi connectivity index (χ4n) is 0.913. The lowest BCUT2D eigenvalue weighted by Crippen LogP contribution is -2.27. The minimum Gasteiger partial charge on any atom is -0.316 e. The smallest absolute Gasteiger partial charge is 0.316 e. The number of hydrogen-bond acceptors (Lipinski definition) is 2. The topological polar surface area (TPSA) is 26.0 Å². The SMILES string of the molecule is CCc1ccc([C@@H](N)C(F)(F)F)s1.Cl. The average Bonchev–Trinajstić information content (AvgIpc) is 2.48. The van der Waals surface area contributed by atoms with E-state index in [-0.39, 0.29) is 17.3 Å². The molecule has 1 aromatic heterocycles. The molecule has 0 unspecified atom stereocenters. The summed E-state index contributed by atoms with van der Waals surface area (Å²) in [7, 11) is 0. The van der Waals surface area contributed by atoms with Crippen LogP contribution in [0, 0.1) is 0 Å². The first-order valence-electron chi connectivity index (χ1n) is 3.86. The highest BCUT2D eigenvalue weighted by molar-refractivity contribution is 7.12. The third-order valence-electron chi connectivity index (χ3n) is 1.69. The van der Waals surface area contributed by atoms with Crippen molar-refractivity contribution in [2.75, 3.05) is 0 Å². The lowest BCUT2D eigenvalue weighted by Gasteiger charge is -2.13. The lowest BCUT2D eigenvalue weighted by atomic mass is 10.2. The zero-order chi connectivity index (χ0) is 10.1. The average molecular weight is 246 g/mol. The largest absolute Gasteiger partial charge is 0.408 e. The summed E-state index contributed by atoms with van der Waals surface area (Å²) < 4.78 is 36.4.